The monoisotopic (exact) mass is 422 g/mol. The summed E-state index contributed by atoms with van der Waals surface area (Å²) < 4.78 is 0. The van der Waals surface area contributed by atoms with Crippen molar-refractivity contribution in [2.45, 2.75) is 38.1 Å². The zero-order chi connectivity index (χ0) is 20.9. The Labute approximate surface area is 179 Å². The van der Waals surface area contributed by atoms with E-state index in [0.717, 1.165) is 36.9 Å². The first-order chi connectivity index (χ1) is 14.6. The molecule has 0 atom stereocenters. The third kappa shape index (κ3) is 4.71. The van der Waals surface area contributed by atoms with Gasteiger partial charge in [0.15, 0.2) is 5.17 Å². The fraction of sp³-hybridized carbons (Fsp3) is 0.273. The molecule has 7 nitrogen and oxygen atoms in total. The number of nitro groups is 1. The number of rotatable bonds is 5. The summed E-state index contributed by atoms with van der Waals surface area (Å²) >= 11 is 1.34. The number of hydrogen-bond acceptors (Lipinski definition) is 6. The van der Waals surface area contributed by atoms with Gasteiger partial charge >= 0.3 is 0 Å². The summed E-state index contributed by atoms with van der Waals surface area (Å²) in [6.45, 7) is 0. The van der Waals surface area contributed by atoms with Gasteiger partial charge in [-0.3, -0.25) is 25.3 Å². The van der Waals surface area contributed by atoms with Gasteiger partial charge in [-0.25, -0.2) is 0 Å². The number of anilines is 1. The van der Waals surface area contributed by atoms with Crippen molar-refractivity contribution in [3.05, 3.63) is 75.2 Å². The van der Waals surface area contributed by atoms with Crippen LogP contribution >= 0.6 is 11.8 Å². The Hall–Kier alpha value is -3.13. The quantitative estimate of drug-likeness (QED) is 0.405. The van der Waals surface area contributed by atoms with E-state index in [1.807, 2.05) is 30.3 Å². The smallest absolute Gasteiger partial charge is 0.285 e. The predicted octanol–water partition coefficient (Wildman–Crippen LogP) is 5.23. The van der Waals surface area contributed by atoms with Crippen molar-refractivity contribution in [1.82, 2.24) is 5.01 Å². The zero-order valence-electron chi connectivity index (χ0n) is 16.4. The maximum absolute atomic E-state index is 13.1. The van der Waals surface area contributed by atoms with Gasteiger partial charge in [0.1, 0.15) is 0 Å². The van der Waals surface area contributed by atoms with Crippen LogP contribution < -0.4 is 5.43 Å². The second-order valence-electron chi connectivity index (χ2n) is 7.28. The Morgan fingerprint density at radius 3 is 2.43 bits per heavy atom. The number of amides is 1. The lowest BCUT2D eigenvalue weighted by atomic mass is 9.96. The largest absolute Gasteiger partial charge is 0.289 e. The van der Waals surface area contributed by atoms with Crippen molar-refractivity contribution in [3.63, 3.8) is 0 Å². The van der Waals surface area contributed by atoms with Gasteiger partial charge in [0.25, 0.3) is 11.6 Å². The van der Waals surface area contributed by atoms with Crippen LogP contribution in [-0.2, 0) is 4.79 Å². The van der Waals surface area contributed by atoms with E-state index in [1.54, 1.807) is 18.2 Å². The second kappa shape index (κ2) is 9.13. The molecule has 2 fully saturated rings. The van der Waals surface area contributed by atoms with Crippen LogP contribution in [0.5, 0.6) is 0 Å². The molecule has 0 radical (unpaired) electrons. The van der Waals surface area contributed by atoms with Crippen molar-refractivity contribution in [3.8, 4) is 0 Å². The molecular formula is C22H22N4O3S. The molecule has 1 amide bonds. The van der Waals surface area contributed by atoms with Crippen LogP contribution in [0.15, 0.2) is 64.5 Å². The Morgan fingerprint density at radius 1 is 1.07 bits per heavy atom. The van der Waals surface area contributed by atoms with Gasteiger partial charge < -0.3 is 0 Å². The molecule has 0 aromatic heterocycles. The average molecular weight is 423 g/mol. The Kier molecular flexibility index (Phi) is 6.13. The minimum Gasteiger partial charge on any atom is -0.289 e. The number of non-ortho nitro benzene ring substituents is 1. The van der Waals surface area contributed by atoms with Gasteiger partial charge in [0.2, 0.25) is 0 Å². The van der Waals surface area contributed by atoms with E-state index in [1.165, 1.54) is 35.3 Å². The van der Waals surface area contributed by atoms with Crippen LogP contribution in [0.1, 0.15) is 37.7 Å². The van der Waals surface area contributed by atoms with E-state index in [4.69, 9.17) is 4.99 Å². The van der Waals surface area contributed by atoms with E-state index in [-0.39, 0.29) is 17.6 Å². The van der Waals surface area contributed by atoms with Crippen LogP contribution in [0, 0.1) is 10.1 Å². The summed E-state index contributed by atoms with van der Waals surface area (Å²) in [6.07, 6.45) is 7.40. The molecule has 8 heteroatoms. The minimum absolute atomic E-state index is 0.0227. The van der Waals surface area contributed by atoms with Gasteiger partial charge in [-0.15, -0.1) is 0 Å². The van der Waals surface area contributed by atoms with Crippen LogP contribution in [0.3, 0.4) is 0 Å². The molecule has 0 bridgehead atoms. The van der Waals surface area contributed by atoms with Gasteiger partial charge in [0.05, 0.1) is 21.6 Å². The number of nitrogens with zero attached hydrogens (tertiary/aromatic N) is 3. The topological polar surface area (TPSA) is 87.8 Å². The molecule has 0 spiro atoms. The molecule has 1 saturated carbocycles. The Bertz CT molecular complexity index is 983. The highest BCUT2D eigenvalue weighted by Crippen LogP contribution is 2.34. The predicted molar refractivity (Wildman–Crippen MR) is 120 cm³/mol. The number of aliphatic imine (C=N–C) groups is 1. The van der Waals surface area contributed by atoms with Gasteiger partial charge in [-0.05, 0) is 60.5 Å². The normalized spacial score (nSPS) is 20.1. The lowest BCUT2D eigenvalue weighted by Crippen LogP contribution is -2.35. The fourth-order valence-corrected chi connectivity index (χ4v) is 4.50. The number of carbonyl (C=O) groups is 1. The molecule has 2 aromatic carbocycles. The molecule has 2 aromatic rings. The zero-order valence-corrected chi connectivity index (χ0v) is 17.2. The van der Waals surface area contributed by atoms with Crippen LogP contribution in [-0.4, -0.2) is 27.0 Å². The first-order valence-corrected chi connectivity index (χ1v) is 10.8. The van der Waals surface area contributed by atoms with Crippen molar-refractivity contribution in [1.29, 1.82) is 0 Å². The summed E-state index contributed by atoms with van der Waals surface area (Å²) in [5.74, 6) is -0.184. The van der Waals surface area contributed by atoms with Crippen molar-refractivity contribution in [2.24, 2.45) is 4.99 Å². The highest BCUT2D eigenvalue weighted by Gasteiger charge is 2.34. The van der Waals surface area contributed by atoms with E-state index in [2.05, 4.69) is 5.43 Å². The molecule has 1 heterocycles. The highest BCUT2D eigenvalue weighted by atomic mass is 32.2. The lowest BCUT2D eigenvalue weighted by molar-refractivity contribution is -0.384. The molecule has 2 aliphatic rings. The van der Waals surface area contributed by atoms with E-state index in [9.17, 15) is 14.9 Å². The van der Waals surface area contributed by atoms with E-state index >= 15 is 0 Å². The van der Waals surface area contributed by atoms with E-state index in [0.29, 0.717) is 10.1 Å². The first kappa shape index (κ1) is 20.2. The Morgan fingerprint density at radius 2 is 1.77 bits per heavy atom. The number of para-hydroxylation sites is 1. The molecule has 30 heavy (non-hydrogen) atoms. The number of hydrogen-bond donors (Lipinski definition) is 1. The summed E-state index contributed by atoms with van der Waals surface area (Å²) in [7, 11) is 0. The van der Waals surface area contributed by atoms with Crippen LogP contribution in [0.2, 0.25) is 0 Å². The van der Waals surface area contributed by atoms with Crippen molar-refractivity contribution >= 4 is 40.3 Å². The maximum Gasteiger partial charge on any atom is 0.285 e. The number of hydrazine groups is 1. The second-order valence-corrected chi connectivity index (χ2v) is 8.29. The molecule has 1 saturated heterocycles. The average Bonchev–Trinajstić information content (AvgIpc) is 3.04. The lowest BCUT2D eigenvalue weighted by Gasteiger charge is -2.22. The van der Waals surface area contributed by atoms with Gasteiger partial charge in [-0.1, -0.05) is 37.5 Å². The number of amidine groups is 1. The van der Waals surface area contributed by atoms with Crippen LogP contribution in [0.4, 0.5) is 11.4 Å². The summed E-state index contributed by atoms with van der Waals surface area (Å²) in [6, 6.07) is 15.9. The van der Waals surface area contributed by atoms with Crippen molar-refractivity contribution < 1.29 is 9.72 Å². The summed E-state index contributed by atoms with van der Waals surface area (Å²) in [5, 5.41) is 13.0. The number of benzene rings is 2. The summed E-state index contributed by atoms with van der Waals surface area (Å²) in [5.41, 5.74) is 4.73. The van der Waals surface area contributed by atoms with E-state index < -0.39 is 4.92 Å². The molecule has 1 aliphatic heterocycles. The molecule has 0 unspecified atom stereocenters. The SMILES string of the molecule is O=C1/C(=C/c2ccc([N+](=O)[O-])cc2)SC(=NC2CCCCC2)N1Nc1ccccc1. The van der Waals surface area contributed by atoms with Crippen molar-refractivity contribution in [2.75, 3.05) is 5.43 Å². The molecule has 154 valence electrons. The number of nitrogens with one attached hydrogen (secondary N) is 1. The Balaban J connectivity index is 1.61. The number of thioether (sulfide) groups is 1. The van der Waals surface area contributed by atoms with Crippen LogP contribution in [0.25, 0.3) is 6.08 Å². The molecule has 1 N–H and O–H groups in total. The number of carbonyl (C=O) groups excluding carboxylic acids is 1. The summed E-state index contributed by atoms with van der Waals surface area (Å²) in [4.78, 5) is 29.0. The third-order valence-electron chi connectivity index (χ3n) is 5.09. The number of nitro benzene ring substituents is 1. The molecular weight excluding hydrogens is 400 g/mol. The third-order valence-corrected chi connectivity index (χ3v) is 6.07. The standard InChI is InChI=1S/C22H22N4O3S/c27-21-20(15-16-11-13-19(14-12-16)26(28)29)30-22(23-17-7-3-1-4-8-17)25(21)24-18-9-5-2-6-10-18/h2,5-6,9-15,17,24H,1,3-4,7-8H2/b20-15-,23-22?. The van der Waals surface area contributed by atoms with Gasteiger partial charge in [-0.2, -0.15) is 5.01 Å². The first-order valence-electron chi connectivity index (χ1n) is 9.98. The maximum atomic E-state index is 13.1. The molecule has 4 rings (SSSR count). The highest BCUT2D eigenvalue weighted by molar-refractivity contribution is 8.18. The van der Waals surface area contributed by atoms with Gasteiger partial charge in [0, 0.05) is 12.1 Å². The minimum atomic E-state index is -0.438. The fourth-order valence-electron chi connectivity index (χ4n) is 3.51. The molecule has 1 aliphatic carbocycles.